The number of hydrogen-bond donors (Lipinski definition) is 1. The number of carboxylic acids is 1. The van der Waals surface area contributed by atoms with E-state index in [4.69, 9.17) is 5.11 Å². The third-order valence-electron chi connectivity index (χ3n) is 3.97. The highest BCUT2D eigenvalue weighted by Crippen LogP contribution is 2.33. The monoisotopic (exact) mass is 317 g/mol. The van der Waals surface area contributed by atoms with E-state index in [2.05, 4.69) is 6.92 Å². The molecule has 1 saturated heterocycles. The van der Waals surface area contributed by atoms with Gasteiger partial charge in [-0.05, 0) is 44.2 Å². The molecule has 0 spiro atoms. The Morgan fingerprint density at radius 2 is 2.10 bits per heavy atom. The van der Waals surface area contributed by atoms with Crippen molar-refractivity contribution >= 4 is 27.3 Å². The average molecular weight is 317 g/mol. The topological polar surface area (TPSA) is 74.7 Å². The van der Waals surface area contributed by atoms with Crippen LogP contribution < -0.4 is 0 Å². The van der Waals surface area contributed by atoms with Crippen LogP contribution in [0.25, 0.3) is 0 Å². The molecule has 5 nitrogen and oxygen atoms in total. The molecule has 1 aliphatic heterocycles. The van der Waals surface area contributed by atoms with E-state index in [0.717, 1.165) is 24.2 Å². The summed E-state index contributed by atoms with van der Waals surface area (Å²) in [5, 5.41) is 9.05. The van der Waals surface area contributed by atoms with Crippen LogP contribution in [0.3, 0.4) is 0 Å². The first-order chi connectivity index (χ1) is 9.25. The molecular formula is C13H19NO4S2. The summed E-state index contributed by atoms with van der Waals surface area (Å²) in [7, 11) is -3.59. The van der Waals surface area contributed by atoms with Crippen molar-refractivity contribution in [2.24, 2.45) is 5.92 Å². The Kier molecular flexibility index (Phi) is 4.22. The van der Waals surface area contributed by atoms with Gasteiger partial charge in [0.05, 0.1) is 0 Å². The quantitative estimate of drug-likeness (QED) is 0.929. The average Bonchev–Trinajstić information content (AvgIpc) is 2.75. The van der Waals surface area contributed by atoms with E-state index in [1.54, 1.807) is 6.92 Å². The first-order valence-corrected chi connectivity index (χ1v) is 8.86. The third-order valence-corrected chi connectivity index (χ3v) is 7.63. The standard InChI is InChI=1S/C13H19NO4S2/c1-8-5-4-6-14(10(8)3)20(17,18)11-7-9(2)12(19-11)13(15)16/h7-8,10H,4-6H2,1-3H3,(H,15,16). The molecule has 2 rings (SSSR count). The predicted molar refractivity (Wildman–Crippen MR) is 77.8 cm³/mol. The molecule has 0 radical (unpaired) electrons. The minimum atomic E-state index is -3.59. The molecule has 0 bridgehead atoms. The fourth-order valence-electron chi connectivity index (χ4n) is 2.54. The van der Waals surface area contributed by atoms with E-state index in [-0.39, 0.29) is 15.1 Å². The minimum absolute atomic E-state index is 0.0514. The lowest BCUT2D eigenvalue weighted by Crippen LogP contribution is -2.45. The van der Waals surface area contributed by atoms with Crippen LogP contribution in [0, 0.1) is 12.8 Å². The molecule has 2 unspecified atom stereocenters. The smallest absolute Gasteiger partial charge is 0.346 e. The Labute approximate surface area is 123 Å². The van der Waals surface area contributed by atoms with Gasteiger partial charge >= 0.3 is 5.97 Å². The number of sulfonamides is 1. The molecule has 2 atom stereocenters. The molecule has 1 N–H and O–H groups in total. The molecule has 1 aliphatic rings. The van der Waals surface area contributed by atoms with Crippen LogP contribution in [0.1, 0.15) is 41.9 Å². The van der Waals surface area contributed by atoms with Crippen molar-refractivity contribution in [1.82, 2.24) is 4.31 Å². The highest BCUT2D eigenvalue weighted by Gasteiger charge is 2.36. The molecule has 0 aromatic carbocycles. The Morgan fingerprint density at radius 3 is 2.65 bits per heavy atom. The summed E-state index contributed by atoms with van der Waals surface area (Å²) in [5.41, 5.74) is 0.499. The van der Waals surface area contributed by atoms with E-state index in [1.165, 1.54) is 10.4 Å². The van der Waals surface area contributed by atoms with Crippen LogP contribution in [-0.4, -0.2) is 36.4 Å². The zero-order valence-corrected chi connectivity index (χ0v) is 13.4. The first-order valence-electron chi connectivity index (χ1n) is 6.60. The lowest BCUT2D eigenvalue weighted by atomic mass is 9.94. The van der Waals surface area contributed by atoms with Gasteiger partial charge < -0.3 is 5.11 Å². The molecule has 1 aromatic heterocycles. The number of rotatable bonds is 3. The van der Waals surface area contributed by atoms with Crippen molar-refractivity contribution in [3.05, 3.63) is 16.5 Å². The number of piperidine rings is 1. The Hall–Kier alpha value is -0.920. The minimum Gasteiger partial charge on any atom is -0.477 e. The summed E-state index contributed by atoms with van der Waals surface area (Å²) in [4.78, 5) is 11.2. The number of nitrogens with zero attached hydrogens (tertiary/aromatic N) is 1. The maximum Gasteiger partial charge on any atom is 0.346 e. The van der Waals surface area contributed by atoms with Gasteiger partial charge in [0.2, 0.25) is 0 Å². The summed E-state index contributed by atoms with van der Waals surface area (Å²) in [6.07, 6.45) is 1.87. The largest absolute Gasteiger partial charge is 0.477 e. The molecule has 2 heterocycles. The highest BCUT2D eigenvalue weighted by atomic mass is 32.2. The number of aryl methyl sites for hydroxylation is 1. The van der Waals surface area contributed by atoms with Crippen LogP contribution in [-0.2, 0) is 10.0 Å². The van der Waals surface area contributed by atoms with Gasteiger partial charge in [-0.3, -0.25) is 0 Å². The van der Waals surface area contributed by atoms with E-state index in [1.807, 2.05) is 6.92 Å². The van der Waals surface area contributed by atoms with Crippen molar-refractivity contribution in [3.63, 3.8) is 0 Å². The van der Waals surface area contributed by atoms with Crippen molar-refractivity contribution in [2.75, 3.05) is 6.54 Å². The Bertz CT molecular complexity index is 620. The fraction of sp³-hybridized carbons (Fsp3) is 0.615. The van der Waals surface area contributed by atoms with Gasteiger partial charge in [-0.15, -0.1) is 11.3 Å². The van der Waals surface area contributed by atoms with Gasteiger partial charge in [0.25, 0.3) is 10.0 Å². The lowest BCUT2D eigenvalue weighted by Gasteiger charge is -2.36. The van der Waals surface area contributed by atoms with Crippen molar-refractivity contribution < 1.29 is 18.3 Å². The van der Waals surface area contributed by atoms with Crippen LogP contribution in [0.2, 0.25) is 0 Å². The van der Waals surface area contributed by atoms with Crippen LogP contribution in [0.5, 0.6) is 0 Å². The molecule has 20 heavy (non-hydrogen) atoms. The molecular weight excluding hydrogens is 298 g/mol. The Morgan fingerprint density at radius 1 is 1.45 bits per heavy atom. The summed E-state index contributed by atoms with van der Waals surface area (Å²) in [6.45, 7) is 6.10. The second-order valence-corrected chi connectivity index (χ2v) is 8.53. The van der Waals surface area contributed by atoms with Gasteiger partial charge in [0.15, 0.2) is 0 Å². The van der Waals surface area contributed by atoms with Gasteiger partial charge in [0, 0.05) is 12.6 Å². The number of hydrogen-bond acceptors (Lipinski definition) is 4. The highest BCUT2D eigenvalue weighted by molar-refractivity contribution is 7.91. The summed E-state index contributed by atoms with van der Waals surface area (Å²) in [6, 6.07) is 1.42. The number of aromatic carboxylic acids is 1. The van der Waals surface area contributed by atoms with Gasteiger partial charge in [-0.1, -0.05) is 6.92 Å². The summed E-state index contributed by atoms with van der Waals surface area (Å²) >= 11 is 0.842. The van der Waals surface area contributed by atoms with Crippen LogP contribution in [0.15, 0.2) is 10.3 Å². The molecule has 1 aromatic rings. The molecule has 1 fully saturated rings. The van der Waals surface area contributed by atoms with Gasteiger partial charge in [-0.2, -0.15) is 4.31 Å². The maximum atomic E-state index is 12.7. The molecule has 7 heteroatoms. The van der Waals surface area contributed by atoms with Crippen molar-refractivity contribution in [3.8, 4) is 0 Å². The zero-order valence-electron chi connectivity index (χ0n) is 11.8. The maximum absolute atomic E-state index is 12.7. The van der Waals surface area contributed by atoms with Crippen LogP contribution >= 0.6 is 11.3 Å². The zero-order chi connectivity index (χ0) is 15.1. The van der Waals surface area contributed by atoms with Crippen molar-refractivity contribution in [2.45, 2.75) is 43.9 Å². The van der Waals surface area contributed by atoms with E-state index in [9.17, 15) is 13.2 Å². The van der Waals surface area contributed by atoms with Crippen molar-refractivity contribution in [1.29, 1.82) is 0 Å². The number of carbonyl (C=O) groups is 1. The van der Waals surface area contributed by atoms with E-state index in [0.29, 0.717) is 18.0 Å². The fourth-order valence-corrected chi connectivity index (χ4v) is 5.82. The van der Waals surface area contributed by atoms with Gasteiger partial charge in [-0.25, -0.2) is 13.2 Å². The SMILES string of the molecule is Cc1cc(S(=O)(=O)N2CCCC(C)C2C)sc1C(=O)O. The summed E-state index contributed by atoms with van der Waals surface area (Å²) in [5.74, 6) is -0.757. The molecule has 112 valence electrons. The van der Waals surface area contributed by atoms with E-state index < -0.39 is 16.0 Å². The van der Waals surface area contributed by atoms with Crippen LogP contribution in [0.4, 0.5) is 0 Å². The molecule has 0 saturated carbocycles. The lowest BCUT2D eigenvalue weighted by molar-refractivity contribution is 0.0701. The Balaban J connectivity index is 2.40. The third kappa shape index (κ3) is 2.62. The van der Waals surface area contributed by atoms with Gasteiger partial charge in [0.1, 0.15) is 9.09 Å². The number of carboxylic acid groups (broad SMARTS) is 1. The number of thiophene rings is 1. The molecule has 0 aliphatic carbocycles. The second-order valence-electron chi connectivity index (χ2n) is 5.36. The molecule has 0 amide bonds. The summed E-state index contributed by atoms with van der Waals surface area (Å²) < 4.78 is 27.0. The van der Waals surface area contributed by atoms with E-state index >= 15 is 0 Å². The second kappa shape index (κ2) is 5.46. The predicted octanol–water partition coefficient (Wildman–Crippen LogP) is 2.56. The normalized spacial score (nSPS) is 24.8. The first kappa shape index (κ1) is 15.5.